The minimum Gasteiger partial charge on any atom is -0.587 e. The maximum atomic E-state index is 13.4. The second kappa shape index (κ2) is 10.4. The number of pyridine rings is 2. The Morgan fingerprint density at radius 3 is 2.54 bits per heavy atom. The van der Waals surface area contributed by atoms with Crippen molar-refractivity contribution in [3.8, 4) is 11.1 Å². The van der Waals surface area contributed by atoms with Crippen LogP contribution in [0.25, 0.3) is 22.3 Å². The molecule has 0 aliphatic heterocycles. The molecule has 35 heavy (non-hydrogen) atoms. The van der Waals surface area contributed by atoms with Crippen molar-refractivity contribution < 1.29 is 4.55 Å². The molecule has 0 amide bonds. The van der Waals surface area contributed by atoms with Gasteiger partial charge in [-0.3, -0.25) is 14.4 Å². The van der Waals surface area contributed by atoms with Crippen molar-refractivity contribution in [2.24, 2.45) is 10.7 Å². The average molecular weight is 487 g/mol. The van der Waals surface area contributed by atoms with E-state index in [1.165, 1.54) is 6.20 Å². The first-order valence-electron chi connectivity index (χ1n) is 10.7. The lowest BCUT2D eigenvalue weighted by molar-refractivity contribution is 0.595. The summed E-state index contributed by atoms with van der Waals surface area (Å²) < 4.78 is 18.1. The number of anilines is 2. The minimum absolute atomic E-state index is 0.349. The normalized spacial score (nSPS) is 12.7. The number of imidazole rings is 1. The number of aliphatic imine (C=N–C) groups is 1. The summed E-state index contributed by atoms with van der Waals surface area (Å²) in [6, 6.07) is 13.8. The topological polar surface area (TPSA) is 131 Å². The molecule has 3 heterocycles. The SMILES string of the molecule is CN=CC(=CN)c1cnc(C=N)c(N[S+]([O-])c2cnc3ccc(-c4ccc(N(C)C)cc4)cn23)c1. The van der Waals surface area contributed by atoms with Crippen LogP contribution in [0.4, 0.5) is 11.4 Å². The molecule has 4 rings (SSSR count). The Hall–Kier alpha value is -4.15. The fourth-order valence-corrected chi connectivity index (χ4v) is 4.49. The first kappa shape index (κ1) is 24.0. The number of nitrogens with one attached hydrogen (secondary N) is 2. The summed E-state index contributed by atoms with van der Waals surface area (Å²) in [5, 5.41) is 8.16. The van der Waals surface area contributed by atoms with Crippen LogP contribution in [0.1, 0.15) is 11.3 Å². The van der Waals surface area contributed by atoms with Crippen molar-refractivity contribution in [1.82, 2.24) is 14.4 Å². The molecular weight excluding hydrogens is 460 g/mol. The molecule has 4 aromatic rings. The van der Waals surface area contributed by atoms with Gasteiger partial charge in [0.1, 0.15) is 34.6 Å². The van der Waals surface area contributed by atoms with E-state index in [0.717, 1.165) is 23.0 Å². The Bertz CT molecular complexity index is 1410. The number of aromatic nitrogens is 3. The Balaban J connectivity index is 1.67. The van der Waals surface area contributed by atoms with Crippen LogP contribution in [0.15, 0.2) is 77.3 Å². The number of benzene rings is 1. The Labute approximate surface area is 206 Å². The van der Waals surface area contributed by atoms with Crippen molar-refractivity contribution in [1.29, 1.82) is 5.41 Å². The van der Waals surface area contributed by atoms with Gasteiger partial charge in [0.15, 0.2) is 0 Å². The summed E-state index contributed by atoms with van der Waals surface area (Å²) >= 11 is -1.68. The van der Waals surface area contributed by atoms with E-state index in [0.29, 0.717) is 33.2 Å². The third-order valence-electron chi connectivity index (χ3n) is 5.42. The monoisotopic (exact) mass is 486 g/mol. The van der Waals surface area contributed by atoms with Crippen LogP contribution in [0.3, 0.4) is 0 Å². The summed E-state index contributed by atoms with van der Waals surface area (Å²) in [6.07, 6.45) is 9.23. The molecule has 3 aromatic heterocycles. The van der Waals surface area contributed by atoms with Crippen LogP contribution >= 0.6 is 0 Å². The fraction of sp³-hybridized carbons (Fsp3) is 0.120. The van der Waals surface area contributed by atoms with Crippen LogP contribution in [0.5, 0.6) is 0 Å². The van der Waals surface area contributed by atoms with Gasteiger partial charge in [-0.2, -0.15) is 4.72 Å². The molecule has 0 radical (unpaired) electrons. The molecule has 0 fully saturated rings. The zero-order valence-electron chi connectivity index (χ0n) is 19.6. The molecule has 9 nitrogen and oxygen atoms in total. The molecule has 4 N–H and O–H groups in total. The van der Waals surface area contributed by atoms with Crippen molar-refractivity contribution >= 4 is 46.4 Å². The van der Waals surface area contributed by atoms with Gasteiger partial charge in [0.05, 0.1) is 0 Å². The van der Waals surface area contributed by atoms with Gasteiger partial charge in [-0.1, -0.05) is 12.1 Å². The van der Waals surface area contributed by atoms with Gasteiger partial charge in [0.2, 0.25) is 0 Å². The van der Waals surface area contributed by atoms with Crippen molar-refractivity contribution in [3.05, 3.63) is 78.5 Å². The van der Waals surface area contributed by atoms with Gasteiger partial charge in [-0.05, 0) is 41.5 Å². The summed E-state index contributed by atoms with van der Waals surface area (Å²) in [7, 11) is 5.65. The fourth-order valence-electron chi connectivity index (χ4n) is 3.55. The Morgan fingerprint density at radius 2 is 1.89 bits per heavy atom. The molecule has 178 valence electrons. The largest absolute Gasteiger partial charge is 0.587 e. The predicted molar refractivity (Wildman–Crippen MR) is 144 cm³/mol. The molecule has 0 aliphatic rings. The van der Waals surface area contributed by atoms with Crippen LogP contribution in [-0.4, -0.2) is 52.5 Å². The first-order valence-corrected chi connectivity index (χ1v) is 11.9. The summed E-state index contributed by atoms with van der Waals surface area (Å²) in [4.78, 5) is 14.7. The quantitative estimate of drug-likeness (QED) is 0.258. The van der Waals surface area contributed by atoms with Gasteiger partial charge >= 0.3 is 0 Å². The van der Waals surface area contributed by atoms with E-state index in [1.54, 1.807) is 36.1 Å². The third-order valence-corrected chi connectivity index (χ3v) is 6.50. The van der Waals surface area contributed by atoms with E-state index in [-0.39, 0.29) is 0 Å². The van der Waals surface area contributed by atoms with E-state index >= 15 is 0 Å². The molecule has 0 spiro atoms. The van der Waals surface area contributed by atoms with Gasteiger partial charge < -0.3 is 20.6 Å². The van der Waals surface area contributed by atoms with E-state index < -0.39 is 11.4 Å². The number of nitrogens with two attached hydrogens (primary N) is 1. The maximum Gasteiger partial charge on any atom is 0.276 e. The van der Waals surface area contributed by atoms with Gasteiger partial charge in [-0.15, -0.1) is 0 Å². The highest BCUT2D eigenvalue weighted by molar-refractivity contribution is 7.92. The first-order chi connectivity index (χ1) is 16.9. The van der Waals surface area contributed by atoms with Crippen LogP contribution in [-0.2, 0) is 11.4 Å². The summed E-state index contributed by atoms with van der Waals surface area (Å²) in [5.74, 6) is 0. The Kier molecular flexibility index (Phi) is 7.14. The van der Waals surface area contributed by atoms with Crippen LogP contribution in [0.2, 0.25) is 0 Å². The molecule has 0 aliphatic carbocycles. The van der Waals surface area contributed by atoms with E-state index in [9.17, 15) is 4.55 Å². The van der Waals surface area contributed by atoms with Gasteiger partial charge in [-0.25, -0.2) is 4.98 Å². The molecular formula is C25H26N8OS. The molecule has 0 bridgehead atoms. The molecule has 1 unspecified atom stereocenters. The van der Waals surface area contributed by atoms with Crippen molar-refractivity contribution in [2.75, 3.05) is 30.8 Å². The van der Waals surface area contributed by atoms with Crippen LogP contribution < -0.4 is 15.4 Å². The second-order valence-electron chi connectivity index (χ2n) is 7.86. The molecule has 10 heteroatoms. The molecule has 1 atom stereocenters. The smallest absolute Gasteiger partial charge is 0.276 e. The Morgan fingerprint density at radius 1 is 1.14 bits per heavy atom. The predicted octanol–water partition coefficient (Wildman–Crippen LogP) is 3.59. The number of hydrogen-bond donors (Lipinski definition) is 3. The zero-order valence-corrected chi connectivity index (χ0v) is 20.5. The standard InChI is InChI=1S/C25H26N8OS/c1-28-13-20(11-26)19-10-22(23(12-27)29-14-19)31-35(34)25-15-30-24-9-6-18(16-33(24)25)17-4-7-21(8-5-17)32(2)3/h4-16,27,31H,26H2,1-3H3. The van der Waals surface area contributed by atoms with Crippen LogP contribution in [0, 0.1) is 5.41 Å². The number of nitrogens with zero attached hydrogens (tertiary/aromatic N) is 5. The number of hydrogen-bond acceptors (Lipinski definition) is 8. The lowest BCUT2D eigenvalue weighted by Crippen LogP contribution is -2.17. The number of allylic oxidation sites excluding steroid dienone is 1. The van der Waals surface area contributed by atoms with E-state index in [4.69, 9.17) is 11.1 Å². The summed E-state index contributed by atoms with van der Waals surface area (Å²) in [6.45, 7) is 0. The lowest BCUT2D eigenvalue weighted by Gasteiger charge is -2.14. The highest BCUT2D eigenvalue weighted by Crippen LogP contribution is 2.26. The van der Waals surface area contributed by atoms with E-state index in [1.807, 2.05) is 37.3 Å². The number of fused-ring (bicyclic) bond motifs is 1. The highest BCUT2D eigenvalue weighted by atomic mass is 32.2. The summed E-state index contributed by atoms with van der Waals surface area (Å²) in [5.41, 5.74) is 11.6. The lowest BCUT2D eigenvalue weighted by atomic mass is 10.1. The molecule has 0 saturated heterocycles. The van der Waals surface area contributed by atoms with Gasteiger partial charge in [0.25, 0.3) is 5.03 Å². The van der Waals surface area contributed by atoms with E-state index in [2.05, 4.69) is 43.9 Å². The van der Waals surface area contributed by atoms with Crippen molar-refractivity contribution in [2.45, 2.75) is 5.03 Å². The molecule has 1 aromatic carbocycles. The number of rotatable bonds is 8. The third kappa shape index (κ3) is 5.03. The maximum absolute atomic E-state index is 13.4. The van der Waals surface area contributed by atoms with Crippen molar-refractivity contribution in [3.63, 3.8) is 0 Å². The van der Waals surface area contributed by atoms with Gasteiger partial charge in [0, 0.05) is 69.0 Å². The minimum atomic E-state index is -1.68. The zero-order chi connectivity index (χ0) is 24.9. The highest BCUT2D eigenvalue weighted by Gasteiger charge is 2.20. The average Bonchev–Trinajstić information content (AvgIpc) is 3.31. The molecule has 0 saturated carbocycles. The second-order valence-corrected chi connectivity index (χ2v) is 9.02.